The Morgan fingerprint density at radius 3 is 2.42 bits per heavy atom. The highest BCUT2D eigenvalue weighted by Gasteiger charge is 2.28. The molecular formula is C20H17ClN6O6. The van der Waals surface area contributed by atoms with Gasteiger partial charge in [0.1, 0.15) is 5.69 Å². The molecule has 3 aromatic rings. The number of non-ortho nitro benzene ring substituents is 1. The van der Waals surface area contributed by atoms with Crippen LogP contribution in [-0.4, -0.2) is 37.8 Å². The Labute approximate surface area is 191 Å². The molecule has 0 spiro atoms. The van der Waals surface area contributed by atoms with Crippen LogP contribution in [0.1, 0.15) is 23.8 Å². The lowest BCUT2D eigenvalue weighted by molar-refractivity contribution is -0.384. The van der Waals surface area contributed by atoms with E-state index >= 15 is 0 Å². The molecule has 0 aliphatic heterocycles. The Balaban J connectivity index is 2.28. The molecule has 1 aromatic heterocycles. The van der Waals surface area contributed by atoms with Crippen molar-refractivity contribution >= 4 is 35.2 Å². The number of carboxylic acid groups (broad SMARTS) is 1. The van der Waals surface area contributed by atoms with Gasteiger partial charge < -0.3 is 5.11 Å². The molecule has 1 heterocycles. The molecule has 12 nitrogen and oxygen atoms in total. The zero-order valence-corrected chi connectivity index (χ0v) is 17.8. The van der Waals surface area contributed by atoms with Crippen molar-refractivity contribution in [1.82, 2.24) is 20.7 Å². The largest absolute Gasteiger partial charge is 0.464 e. The van der Waals surface area contributed by atoms with Gasteiger partial charge in [0.25, 0.3) is 11.6 Å². The number of hydrogen-bond donors (Lipinski definition) is 4. The van der Waals surface area contributed by atoms with Crippen LogP contribution in [0.2, 0.25) is 5.02 Å². The van der Waals surface area contributed by atoms with Gasteiger partial charge in [0.05, 0.1) is 4.92 Å². The summed E-state index contributed by atoms with van der Waals surface area (Å²) in [5.74, 6) is -1.39. The summed E-state index contributed by atoms with van der Waals surface area (Å²) < 4.78 is 0. The molecule has 4 N–H and O–H groups in total. The first-order valence-electron chi connectivity index (χ1n) is 9.44. The van der Waals surface area contributed by atoms with Crippen LogP contribution in [0.5, 0.6) is 0 Å². The molecule has 3 rings (SSSR count). The van der Waals surface area contributed by atoms with E-state index in [0.717, 1.165) is 0 Å². The van der Waals surface area contributed by atoms with Gasteiger partial charge in [-0.25, -0.2) is 10.2 Å². The van der Waals surface area contributed by atoms with E-state index in [1.165, 1.54) is 24.3 Å². The van der Waals surface area contributed by atoms with Crippen LogP contribution >= 0.6 is 11.6 Å². The molecule has 33 heavy (non-hydrogen) atoms. The van der Waals surface area contributed by atoms with Crippen molar-refractivity contribution in [2.24, 2.45) is 0 Å². The highest BCUT2D eigenvalue weighted by atomic mass is 35.5. The van der Waals surface area contributed by atoms with Crippen molar-refractivity contribution in [2.45, 2.75) is 13.3 Å². The van der Waals surface area contributed by atoms with Gasteiger partial charge in [-0.05, 0) is 17.7 Å². The number of nitrogens with one attached hydrogen (secondary N) is 3. The molecule has 0 saturated heterocycles. The molecule has 2 aromatic carbocycles. The van der Waals surface area contributed by atoms with E-state index in [-0.39, 0.29) is 34.6 Å². The minimum absolute atomic E-state index is 0.0840. The third kappa shape index (κ3) is 5.25. The maximum absolute atomic E-state index is 13.0. The molecule has 13 heteroatoms. The molecule has 0 aliphatic rings. The van der Waals surface area contributed by atoms with Crippen molar-refractivity contribution < 1.29 is 24.4 Å². The molecular weight excluding hydrogens is 456 g/mol. The second kappa shape index (κ2) is 9.78. The van der Waals surface area contributed by atoms with Gasteiger partial charge in [0, 0.05) is 34.7 Å². The average molecular weight is 473 g/mol. The predicted octanol–water partition coefficient (Wildman–Crippen LogP) is 3.17. The number of nitro benzene ring substituents is 1. The van der Waals surface area contributed by atoms with Gasteiger partial charge in [0.2, 0.25) is 5.91 Å². The number of halogens is 1. The molecule has 0 unspecified atom stereocenters. The Kier molecular flexibility index (Phi) is 6.88. The van der Waals surface area contributed by atoms with Crippen LogP contribution in [0, 0.1) is 10.1 Å². The molecule has 0 fully saturated rings. The summed E-state index contributed by atoms with van der Waals surface area (Å²) in [5.41, 5.74) is 6.75. The monoisotopic (exact) mass is 472 g/mol. The van der Waals surface area contributed by atoms with Crippen LogP contribution in [0.15, 0.2) is 48.5 Å². The number of hydrogen-bond acceptors (Lipinski definition) is 6. The summed E-state index contributed by atoms with van der Waals surface area (Å²) in [6.45, 7) is 1.57. The number of rotatable bonds is 6. The molecule has 0 atom stereocenters. The highest BCUT2D eigenvalue weighted by Crippen LogP contribution is 2.36. The van der Waals surface area contributed by atoms with Gasteiger partial charge in [-0.2, -0.15) is 9.89 Å². The van der Waals surface area contributed by atoms with Crippen LogP contribution in [-0.2, 0) is 4.79 Å². The van der Waals surface area contributed by atoms with E-state index < -0.39 is 22.8 Å². The predicted molar refractivity (Wildman–Crippen MR) is 118 cm³/mol. The Morgan fingerprint density at radius 1 is 1.12 bits per heavy atom. The first-order valence-corrected chi connectivity index (χ1v) is 9.82. The van der Waals surface area contributed by atoms with Crippen molar-refractivity contribution in [3.63, 3.8) is 0 Å². The second-order valence-corrected chi connectivity index (χ2v) is 7.01. The van der Waals surface area contributed by atoms with Crippen LogP contribution in [0.4, 0.5) is 10.5 Å². The highest BCUT2D eigenvalue weighted by molar-refractivity contribution is 6.30. The van der Waals surface area contributed by atoms with Crippen molar-refractivity contribution in [1.29, 1.82) is 0 Å². The van der Waals surface area contributed by atoms with Crippen molar-refractivity contribution in [2.75, 3.05) is 5.43 Å². The van der Waals surface area contributed by atoms with E-state index in [1.54, 1.807) is 31.2 Å². The number of amides is 3. The minimum atomic E-state index is -1.52. The van der Waals surface area contributed by atoms with E-state index in [1.807, 2.05) is 5.43 Å². The second-order valence-electron chi connectivity index (χ2n) is 6.57. The average Bonchev–Trinajstić information content (AvgIpc) is 3.16. The summed E-state index contributed by atoms with van der Waals surface area (Å²) in [6, 6.07) is 11.7. The van der Waals surface area contributed by atoms with Crippen molar-refractivity contribution in [3.8, 4) is 22.4 Å². The lowest BCUT2D eigenvalue weighted by Gasteiger charge is -2.11. The zero-order chi connectivity index (χ0) is 24.1. The van der Waals surface area contributed by atoms with E-state index in [9.17, 15) is 29.6 Å². The van der Waals surface area contributed by atoms with Crippen molar-refractivity contribution in [3.05, 3.63) is 69.4 Å². The standard InChI is InChI=1S/C20H17ClN6O6/c1-2-15(28)22-23-19(29)18-16(12-4-3-5-14(10-12)27(32)33)17(24-26(18)25-20(30)31)11-6-8-13(21)9-7-11/h3-10,25H,2H2,1H3,(H,22,28)(H,23,29)(H,30,31). The van der Waals surface area contributed by atoms with Gasteiger partial charge in [0.15, 0.2) is 5.69 Å². The number of carbonyl (C=O) groups excluding carboxylic acids is 2. The fourth-order valence-electron chi connectivity index (χ4n) is 2.93. The number of aromatic nitrogens is 2. The number of carbonyl (C=O) groups is 3. The molecule has 0 radical (unpaired) electrons. The maximum Gasteiger partial charge on any atom is 0.425 e. The Hall–Kier alpha value is -4.45. The van der Waals surface area contributed by atoms with E-state index in [4.69, 9.17) is 11.6 Å². The normalized spacial score (nSPS) is 10.4. The van der Waals surface area contributed by atoms with Gasteiger partial charge >= 0.3 is 6.09 Å². The fourth-order valence-corrected chi connectivity index (χ4v) is 3.06. The Bertz CT molecular complexity index is 1240. The lowest BCUT2D eigenvalue weighted by atomic mass is 9.98. The SMILES string of the molecule is CCC(=O)NNC(=O)c1c(-c2cccc([N+](=O)[O-])c2)c(-c2ccc(Cl)cc2)nn1NC(=O)O. The fraction of sp³-hybridized carbons (Fsp3) is 0.100. The third-order valence-electron chi connectivity index (χ3n) is 4.40. The maximum atomic E-state index is 13.0. The van der Waals surface area contributed by atoms with Gasteiger partial charge in [-0.1, -0.05) is 42.8 Å². The first kappa shape index (κ1) is 23.2. The van der Waals surface area contributed by atoms with Crippen LogP contribution in [0.3, 0.4) is 0 Å². The molecule has 170 valence electrons. The molecule has 3 amide bonds. The number of nitrogens with zero attached hydrogens (tertiary/aromatic N) is 3. The van der Waals surface area contributed by atoms with Crippen LogP contribution < -0.4 is 16.3 Å². The minimum Gasteiger partial charge on any atom is -0.464 e. The summed E-state index contributed by atoms with van der Waals surface area (Å²) in [5, 5.41) is 25.2. The molecule has 0 bridgehead atoms. The van der Waals surface area contributed by atoms with Gasteiger partial charge in [-0.3, -0.25) is 30.6 Å². The van der Waals surface area contributed by atoms with Crippen LogP contribution in [0.25, 0.3) is 22.4 Å². The number of nitro groups is 1. The summed E-state index contributed by atoms with van der Waals surface area (Å²) in [6.07, 6.45) is -1.43. The smallest absolute Gasteiger partial charge is 0.425 e. The molecule has 0 saturated carbocycles. The zero-order valence-electron chi connectivity index (χ0n) is 17.0. The summed E-state index contributed by atoms with van der Waals surface area (Å²) >= 11 is 5.96. The van der Waals surface area contributed by atoms with Gasteiger partial charge in [-0.15, -0.1) is 0 Å². The Morgan fingerprint density at radius 2 is 1.82 bits per heavy atom. The third-order valence-corrected chi connectivity index (χ3v) is 4.65. The quantitative estimate of drug-likeness (QED) is 0.315. The van der Waals surface area contributed by atoms with E-state index in [0.29, 0.717) is 15.4 Å². The lowest BCUT2D eigenvalue weighted by Crippen LogP contribution is -2.43. The first-order chi connectivity index (χ1) is 15.7. The number of hydrazine groups is 1. The topological polar surface area (TPSA) is 168 Å². The number of benzene rings is 2. The summed E-state index contributed by atoms with van der Waals surface area (Å²) in [7, 11) is 0. The van der Waals surface area contributed by atoms with E-state index in [2.05, 4.69) is 16.0 Å². The molecule has 0 aliphatic carbocycles. The summed E-state index contributed by atoms with van der Waals surface area (Å²) in [4.78, 5) is 47.4.